The summed E-state index contributed by atoms with van der Waals surface area (Å²) in [6.45, 7) is 11.3. The van der Waals surface area contributed by atoms with Gasteiger partial charge in [0.1, 0.15) is 34.4 Å². The number of nitrogens with zero attached hydrogens (tertiary/aromatic N) is 8. The maximum Gasteiger partial charge on any atom is 0.258 e. The summed E-state index contributed by atoms with van der Waals surface area (Å²) in [6, 6.07) is 10.0. The first kappa shape index (κ1) is 49.7. The summed E-state index contributed by atoms with van der Waals surface area (Å²) in [4.78, 5) is 46.7. The van der Waals surface area contributed by atoms with Gasteiger partial charge < -0.3 is 30.2 Å². The van der Waals surface area contributed by atoms with Gasteiger partial charge in [-0.3, -0.25) is 18.7 Å². The summed E-state index contributed by atoms with van der Waals surface area (Å²) in [7, 11) is -3.69. The third kappa shape index (κ3) is 13.3. The molecular formula is C45H59FN8O8S. The van der Waals surface area contributed by atoms with Crippen LogP contribution in [0.5, 0.6) is 11.5 Å². The van der Waals surface area contributed by atoms with E-state index in [9.17, 15) is 22.4 Å². The highest BCUT2D eigenvalue weighted by atomic mass is 32.2. The number of hydrogen-bond acceptors (Lipinski definition) is 12. The van der Waals surface area contributed by atoms with Crippen LogP contribution in [0.2, 0.25) is 0 Å². The molecule has 2 fully saturated rings. The standard InChI is InChI=1S/C24H27FN4O4S.C21H28N4O2.2H2O/c1-3-4-17-15-26-24(27-16-17)28-10-7-19(8-11-28)33-20-9-12-29(23(30)14-20)18-5-6-22(21(25)13-18)34(2,31)32;1-4-6-17-14-22-21(23-15-17)24-10-7-18(8-11-24)27-19-9-12-25(16(3)5-2)20(26)13-19;;/h5-6,9,12-16,19H,3-4,7-8,10-11H2,1-2H3;5,9,12-15,18H,4,6-8,10-11H2,1-3H3;2*1H2/b;16-5+;;. The lowest BCUT2D eigenvalue weighted by Gasteiger charge is -2.32. The second-order valence-electron chi connectivity index (χ2n) is 15.3. The summed E-state index contributed by atoms with van der Waals surface area (Å²) >= 11 is 0. The van der Waals surface area contributed by atoms with Crippen LogP contribution in [-0.2, 0) is 22.7 Å². The first-order valence-corrected chi connectivity index (χ1v) is 22.8. The van der Waals surface area contributed by atoms with E-state index >= 15 is 0 Å². The normalized spacial score (nSPS) is 14.8. The van der Waals surface area contributed by atoms with E-state index in [0.29, 0.717) is 11.5 Å². The predicted molar refractivity (Wildman–Crippen MR) is 242 cm³/mol. The Labute approximate surface area is 367 Å². The van der Waals surface area contributed by atoms with Crippen LogP contribution in [-0.4, -0.2) is 93.1 Å². The molecule has 0 spiro atoms. The van der Waals surface area contributed by atoms with Crippen molar-refractivity contribution < 1.29 is 33.2 Å². The lowest BCUT2D eigenvalue weighted by molar-refractivity contribution is 0.170. The smallest absolute Gasteiger partial charge is 0.258 e. The summed E-state index contributed by atoms with van der Waals surface area (Å²) in [6.07, 6.45) is 21.2. The average Bonchev–Trinajstić information content (AvgIpc) is 3.25. The van der Waals surface area contributed by atoms with Crippen molar-refractivity contribution in [1.82, 2.24) is 29.1 Å². The van der Waals surface area contributed by atoms with E-state index in [1.54, 1.807) is 22.9 Å². The lowest BCUT2D eigenvalue weighted by Crippen LogP contribution is -2.39. The van der Waals surface area contributed by atoms with Crippen LogP contribution < -0.4 is 30.4 Å². The Morgan fingerprint density at radius 1 is 0.730 bits per heavy atom. The Morgan fingerprint density at radius 3 is 1.59 bits per heavy atom. The Hall–Kier alpha value is -5.98. The molecule has 18 heteroatoms. The topological polar surface area (TPSA) is 218 Å². The highest BCUT2D eigenvalue weighted by Gasteiger charge is 2.24. The van der Waals surface area contributed by atoms with Gasteiger partial charge in [-0.2, -0.15) is 0 Å². The molecular weight excluding hydrogens is 832 g/mol. The van der Waals surface area contributed by atoms with Gasteiger partial charge in [0.2, 0.25) is 11.9 Å². The van der Waals surface area contributed by atoms with E-state index in [4.69, 9.17) is 9.47 Å². The molecule has 7 rings (SSSR count). The van der Waals surface area contributed by atoms with Gasteiger partial charge in [-0.15, -0.1) is 0 Å². The van der Waals surface area contributed by atoms with Gasteiger partial charge in [0.25, 0.3) is 11.1 Å². The van der Waals surface area contributed by atoms with Gasteiger partial charge in [0, 0.05) is 113 Å². The minimum Gasteiger partial charge on any atom is -0.490 e. The molecule has 4 aromatic heterocycles. The molecule has 0 atom stereocenters. The highest BCUT2D eigenvalue weighted by molar-refractivity contribution is 7.90. The van der Waals surface area contributed by atoms with Crippen LogP contribution in [0.15, 0.2) is 100 Å². The molecule has 2 aliphatic rings. The van der Waals surface area contributed by atoms with Crippen LogP contribution in [0.3, 0.4) is 0 Å². The number of anilines is 2. The summed E-state index contributed by atoms with van der Waals surface area (Å²) < 4.78 is 52.4. The molecule has 0 saturated carbocycles. The van der Waals surface area contributed by atoms with E-state index in [0.717, 1.165) is 119 Å². The van der Waals surface area contributed by atoms with E-state index in [2.05, 4.69) is 43.6 Å². The van der Waals surface area contributed by atoms with Crippen LogP contribution in [0.1, 0.15) is 77.3 Å². The molecule has 340 valence electrons. The van der Waals surface area contributed by atoms with Gasteiger partial charge in [0.05, 0.1) is 5.69 Å². The summed E-state index contributed by atoms with van der Waals surface area (Å²) in [5.41, 5.74) is 2.99. The average molecular weight is 891 g/mol. The minimum absolute atomic E-state index is 0. The molecule has 6 heterocycles. The number of piperidine rings is 2. The SMILES string of the molecule is C/C=C(\C)n1ccc(OC2CCN(c3ncc(CCC)cn3)CC2)cc1=O.CCCc1cnc(N2CCC(Oc3ccn(-c4ccc(S(C)(=O)=O)c(F)c4)c(=O)c3)CC2)nc1.O.O. The molecule has 16 nitrogen and oxygen atoms in total. The third-order valence-corrected chi connectivity index (χ3v) is 11.8. The van der Waals surface area contributed by atoms with Crippen molar-refractivity contribution in [3.63, 3.8) is 0 Å². The zero-order valence-electron chi connectivity index (χ0n) is 36.5. The van der Waals surface area contributed by atoms with Crippen molar-refractivity contribution in [2.24, 2.45) is 0 Å². The van der Waals surface area contributed by atoms with Crippen molar-refractivity contribution in [1.29, 1.82) is 0 Å². The molecule has 4 N–H and O–H groups in total. The molecule has 2 aliphatic heterocycles. The van der Waals surface area contributed by atoms with Crippen LogP contribution in [0, 0.1) is 5.82 Å². The first-order valence-electron chi connectivity index (χ1n) is 20.9. The summed E-state index contributed by atoms with van der Waals surface area (Å²) in [5, 5.41) is 0. The fraction of sp³-hybridized carbons (Fsp3) is 0.422. The number of hydrogen-bond donors (Lipinski definition) is 0. The molecule has 0 bridgehead atoms. The van der Waals surface area contributed by atoms with Gasteiger partial charge in [-0.05, 0) is 68.1 Å². The monoisotopic (exact) mass is 890 g/mol. The number of rotatable bonds is 13. The molecule has 5 aromatic rings. The third-order valence-electron chi connectivity index (χ3n) is 10.7. The van der Waals surface area contributed by atoms with E-state index < -0.39 is 26.1 Å². The number of ether oxygens (including phenoxy) is 2. The Balaban J connectivity index is 0.000000275. The minimum atomic E-state index is -3.69. The number of pyridine rings is 2. The Morgan fingerprint density at radius 2 is 1.19 bits per heavy atom. The number of halogens is 1. The molecule has 0 amide bonds. The molecule has 63 heavy (non-hydrogen) atoms. The van der Waals surface area contributed by atoms with Gasteiger partial charge in [0.15, 0.2) is 9.84 Å². The zero-order valence-corrected chi connectivity index (χ0v) is 37.4. The summed E-state index contributed by atoms with van der Waals surface area (Å²) in [5.74, 6) is 1.68. The predicted octanol–water partition coefficient (Wildman–Crippen LogP) is 5.04. The molecule has 0 aliphatic carbocycles. The largest absolute Gasteiger partial charge is 0.490 e. The van der Waals surface area contributed by atoms with Crippen LogP contribution in [0.25, 0.3) is 11.4 Å². The number of sulfone groups is 1. The second-order valence-corrected chi connectivity index (χ2v) is 17.3. The molecule has 1 aromatic carbocycles. The van der Waals surface area contributed by atoms with E-state index in [1.807, 2.05) is 50.8 Å². The van der Waals surface area contributed by atoms with Gasteiger partial charge >= 0.3 is 0 Å². The van der Waals surface area contributed by atoms with Crippen molar-refractivity contribution >= 4 is 27.4 Å². The number of aromatic nitrogens is 6. The van der Waals surface area contributed by atoms with Crippen molar-refractivity contribution in [3.05, 3.63) is 123 Å². The molecule has 0 radical (unpaired) electrons. The van der Waals surface area contributed by atoms with E-state index in [1.165, 1.54) is 28.5 Å². The van der Waals surface area contributed by atoms with Crippen molar-refractivity contribution in [2.75, 3.05) is 42.2 Å². The first-order chi connectivity index (χ1) is 29.3. The van der Waals surface area contributed by atoms with Gasteiger partial charge in [-0.1, -0.05) is 32.8 Å². The maximum absolute atomic E-state index is 14.2. The zero-order chi connectivity index (χ0) is 43.5. The highest BCUT2D eigenvalue weighted by Crippen LogP contribution is 2.24. The fourth-order valence-corrected chi connectivity index (χ4v) is 7.97. The Bertz CT molecular complexity index is 2500. The quantitative estimate of drug-likeness (QED) is 0.152. The second kappa shape index (κ2) is 22.9. The Kier molecular flexibility index (Phi) is 18.1. The molecule has 0 unspecified atom stereocenters. The van der Waals surface area contributed by atoms with Crippen LogP contribution in [0.4, 0.5) is 16.3 Å². The number of allylic oxidation sites excluding steroid dienone is 2. The van der Waals surface area contributed by atoms with E-state index in [-0.39, 0.29) is 34.4 Å². The number of aryl methyl sites for hydroxylation is 2. The molecule has 2 saturated heterocycles. The number of benzene rings is 1. The van der Waals surface area contributed by atoms with Crippen LogP contribution >= 0.6 is 0 Å². The maximum atomic E-state index is 14.2. The van der Waals surface area contributed by atoms with Crippen molar-refractivity contribution in [3.8, 4) is 17.2 Å². The van der Waals surface area contributed by atoms with Crippen molar-refractivity contribution in [2.45, 2.75) is 96.2 Å². The van der Waals surface area contributed by atoms with Gasteiger partial charge in [-0.25, -0.2) is 32.7 Å². The fourth-order valence-electron chi connectivity index (χ4n) is 7.24. The lowest BCUT2D eigenvalue weighted by atomic mass is 10.1.